The van der Waals surface area contributed by atoms with E-state index in [1.54, 1.807) is 13.0 Å². The number of nitrogens with zero attached hydrogens (tertiary/aromatic N) is 4. The molecule has 0 bridgehead atoms. The molecule has 2 aromatic heterocycles. The molecule has 1 aliphatic heterocycles. The third-order valence-corrected chi connectivity index (χ3v) is 9.52. The molecule has 0 spiro atoms. The number of hydrogen-bond acceptors (Lipinski definition) is 8. The molecular formula is C30H40F2N6O2S. The van der Waals surface area contributed by atoms with Gasteiger partial charge in [-0.2, -0.15) is 5.10 Å². The van der Waals surface area contributed by atoms with E-state index in [4.69, 9.17) is 4.98 Å². The van der Waals surface area contributed by atoms with Crippen LogP contribution in [0.15, 0.2) is 47.5 Å². The third-order valence-electron chi connectivity index (χ3n) is 7.93. The van der Waals surface area contributed by atoms with Gasteiger partial charge in [-0.3, -0.25) is 4.98 Å². The number of sulfone groups is 1. The molecule has 222 valence electrons. The van der Waals surface area contributed by atoms with Crippen LogP contribution in [0.5, 0.6) is 0 Å². The fourth-order valence-corrected chi connectivity index (χ4v) is 6.38. The summed E-state index contributed by atoms with van der Waals surface area (Å²) in [6.45, 7) is 9.79. The van der Waals surface area contributed by atoms with E-state index in [1.807, 2.05) is 32.0 Å². The highest BCUT2D eigenvalue weighted by Crippen LogP contribution is 2.49. The van der Waals surface area contributed by atoms with Gasteiger partial charge in [0.05, 0.1) is 33.8 Å². The normalized spacial score (nSPS) is 21.8. The van der Waals surface area contributed by atoms with Crippen molar-refractivity contribution in [3.05, 3.63) is 76.7 Å². The fourth-order valence-electron chi connectivity index (χ4n) is 5.61. The summed E-state index contributed by atoms with van der Waals surface area (Å²) in [6.07, 6.45) is 2.70. The summed E-state index contributed by atoms with van der Waals surface area (Å²) >= 11 is 0. The van der Waals surface area contributed by atoms with Gasteiger partial charge in [0, 0.05) is 7.18 Å². The minimum absolute atomic E-state index is 0. The van der Waals surface area contributed by atoms with E-state index in [-0.39, 0.29) is 30.1 Å². The van der Waals surface area contributed by atoms with Gasteiger partial charge in [0.15, 0.2) is 16.0 Å². The van der Waals surface area contributed by atoms with Crippen LogP contribution < -0.4 is 10.9 Å². The van der Waals surface area contributed by atoms with E-state index in [0.717, 1.165) is 36.2 Å². The summed E-state index contributed by atoms with van der Waals surface area (Å²) in [7, 11) is -3.23. The lowest BCUT2D eigenvalue weighted by atomic mass is 9.65. The van der Waals surface area contributed by atoms with Gasteiger partial charge in [-0.1, -0.05) is 46.8 Å². The Morgan fingerprint density at radius 2 is 1.76 bits per heavy atom. The molecule has 2 aliphatic rings. The summed E-state index contributed by atoms with van der Waals surface area (Å²) in [6, 6.07) is 11.3. The quantitative estimate of drug-likeness (QED) is 0.333. The number of pyridine rings is 1. The van der Waals surface area contributed by atoms with Gasteiger partial charge in [-0.05, 0) is 67.5 Å². The molecule has 0 amide bonds. The van der Waals surface area contributed by atoms with E-state index in [9.17, 15) is 17.2 Å². The summed E-state index contributed by atoms with van der Waals surface area (Å²) in [5.74, 6) is -0.942. The maximum Gasteiger partial charge on any atom is 0.160 e. The highest BCUT2D eigenvalue weighted by molar-refractivity contribution is 7.92. The Hall–Kier alpha value is -3.31. The largest absolute Gasteiger partial charge is 0.306 e. The number of benzene rings is 1. The van der Waals surface area contributed by atoms with E-state index >= 15 is 0 Å². The zero-order valence-electron chi connectivity index (χ0n) is 24.2. The molecule has 0 saturated carbocycles. The topological polar surface area (TPSA) is 109 Å². The maximum atomic E-state index is 14.6. The van der Waals surface area contributed by atoms with E-state index < -0.39 is 33.1 Å². The molecule has 0 saturated heterocycles. The van der Waals surface area contributed by atoms with Gasteiger partial charge >= 0.3 is 0 Å². The molecule has 1 unspecified atom stereocenters. The second-order valence-corrected chi connectivity index (χ2v) is 12.4. The van der Waals surface area contributed by atoms with Crippen molar-refractivity contribution >= 4 is 15.7 Å². The SMILES string of the molecule is CC.CC[C@H]1CC[C@](CC)(c2cccc(C3N=C(CS(=O)(=O)CC)NN3)n2)c2nnc(-c3c(F)cccc3F)cc21.[HH]. The molecule has 0 fully saturated rings. The van der Waals surface area contributed by atoms with Gasteiger partial charge in [0.1, 0.15) is 23.2 Å². The van der Waals surface area contributed by atoms with Gasteiger partial charge in [0.25, 0.3) is 0 Å². The number of aromatic nitrogens is 3. The lowest BCUT2D eigenvalue weighted by Gasteiger charge is -2.40. The molecule has 3 aromatic rings. The molecule has 3 heterocycles. The number of halogens is 2. The average molecular weight is 587 g/mol. The summed E-state index contributed by atoms with van der Waals surface area (Å²) in [4.78, 5) is 9.50. The molecule has 11 heteroatoms. The molecule has 0 radical (unpaired) electrons. The highest BCUT2D eigenvalue weighted by Gasteiger charge is 2.43. The first-order valence-corrected chi connectivity index (χ1v) is 16.1. The molecule has 8 nitrogen and oxygen atoms in total. The van der Waals surface area contributed by atoms with Crippen LogP contribution in [0.4, 0.5) is 8.78 Å². The molecule has 2 N–H and O–H groups in total. The lowest BCUT2D eigenvalue weighted by Crippen LogP contribution is -2.37. The monoisotopic (exact) mass is 586 g/mol. The van der Waals surface area contributed by atoms with E-state index in [1.165, 1.54) is 18.2 Å². The first-order valence-electron chi connectivity index (χ1n) is 14.3. The predicted octanol–water partition coefficient (Wildman–Crippen LogP) is 6.01. The number of nitrogens with one attached hydrogen (secondary N) is 2. The molecule has 1 aromatic carbocycles. The van der Waals surface area contributed by atoms with Crippen molar-refractivity contribution in [2.75, 3.05) is 11.5 Å². The summed E-state index contributed by atoms with van der Waals surface area (Å²) in [5, 5.41) is 8.93. The van der Waals surface area contributed by atoms with Crippen LogP contribution in [0.3, 0.4) is 0 Å². The molecule has 5 rings (SSSR count). The van der Waals surface area contributed by atoms with Gasteiger partial charge in [0.2, 0.25) is 0 Å². The van der Waals surface area contributed by atoms with Crippen LogP contribution in [0.2, 0.25) is 0 Å². The average Bonchev–Trinajstić information content (AvgIpc) is 3.45. The summed E-state index contributed by atoms with van der Waals surface area (Å²) in [5.41, 5.74) is 8.54. The Morgan fingerprint density at radius 1 is 1.05 bits per heavy atom. The second kappa shape index (κ2) is 12.7. The fraction of sp³-hybridized carbons (Fsp3) is 0.467. The molecule has 41 heavy (non-hydrogen) atoms. The smallest absolute Gasteiger partial charge is 0.160 e. The van der Waals surface area contributed by atoms with E-state index in [2.05, 4.69) is 39.9 Å². The van der Waals surface area contributed by atoms with Crippen molar-refractivity contribution in [3.8, 4) is 11.3 Å². The number of fused-ring (bicyclic) bond motifs is 1. The third kappa shape index (κ3) is 6.01. The van der Waals surface area contributed by atoms with Crippen molar-refractivity contribution in [1.82, 2.24) is 26.0 Å². The minimum atomic E-state index is -3.23. The standard InChI is InChI=1S/C28H32F2N6O2S.C2H6.H2/c1-4-17-13-14-28(5-2,26-18(17)15-22(33-35-26)25-19(29)9-7-10-20(25)30)23-12-8-11-21(31-23)27-32-24(34-36-27)16-39(37,38)6-3;1-2;/h7-12,15,17,27,36H,4-6,13-14,16H2,1-3H3,(H,32,34);1-2H3;1H/t17-,27?,28+;;/m0../s1. The van der Waals surface area contributed by atoms with E-state index in [0.29, 0.717) is 18.0 Å². The number of hydrogen-bond donors (Lipinski definition) is 2. The van der Waals surface area contributed by atoms with Crippen LogP contribution in [0.1, 0.15) is 96.5 Å². The van der Waals surface area contributed by atoms with Crippen LogP contribution in [0.25, 0.3) is 11.3 Å². The Kier molecular flexibility index (Phi) is 9.48. The van der Waals surface area contributed by atoms with Crippen molar-refractivity contribution < 1.29 is 18.6 Å². The Bertz CT molecular complexity index is 1520. The Morgan fingerprint density at radius 3 is 2.41 bits per heavy atom. The number of aliphatic imine (C=N–C) groups is 1. The maximum absolute atomic E-state index is 14.6. The van der Waals surface area contributed by atoms with Gasteiger partial charge < -0.3 is 5.43 Å². The first-order chi connectivity index (χ1) is 19.7. The Labute approximate surface area is 242 Å². The number of hydrazine groups is 1. The van der Waals surface area contributed by atoms with Crippen LogP contribution in [0, 0.1) is 11.6 Å². The zero-order chi connectivity index (χ0) is 29.8. The van der Waals surface area contributed by atoms with Crippen molar-refractivity contribution in [3.63, 3.8) is 0 Å². The minimum Gasteiger partial charge on any atom is -0.306 e. The predicted molar refractivity (Wildman–Crippen MR) is 159 cm³/mol. The molecule has 3 atom stereocenters. The second-order valence-electron chi connectivity index (χ2n) is 10.1. The van der Waals surface area contributed by atoms with Crippen molar-refractivity contribution in [2.24, 2.45) is 4.99 Å². The lowest BCUT2D eigenvalue weighted by molar-refractivity contribution is 0.352. The Balaban J connectivity index is 0.00000158. The highest BCUT2D eigenvalue weighted by atomic mass is 32.2. The zero-order valence-corrected chi connectivity index (χ0v) is 25.0. The van der Waals surface area contributed by atoms with Crippen molar-refractivity contribution in [2.45, 2.75) is 77.8 Å². The van der Waals surface area contributed by atoms with Gasteiger partial charge in [-0.15, -0.1) is 5.10 Å². The van der Waals surface area contributed by atoms with Gasteiger partial charge in [-0.25, -0.2) is 27.6 Å². The molecule has 1 aliphatic carbocycles. The van der Waals surface area contributed by atoms with Crippen LogP contribution in [-0.2, 0) is 15.3 Å². The number of rotatable bonds is 8. The van der Waals surface area contributed by atoms with Crippen LogP contribution in [-0.4, -0.2) is 40.9 Å². The van der Waals surface area contributed by atoms with Crippen molar-refractivity contribution in [1.29, 1.82) is 0 Å². The molecular weight excluding hydrogens is 546 g/mol. The van der Waals surface area contributed by atoms with Crippen LogP contribution >= 0.6 is 0 Å². The summed E-state index contributed by atoms with van der Waals surface area (Å²) < 4.78 is 53.3. The first kappa shape index (κ1) is 30.6. The number of amidine groups is 1.